The SMILES string of the molecule is CC(CC(O)C1CCOC2(CCOC2)C1)C(C)(C)C. The third-order valence-electron chi connectivity index (χ3n) is 5.22. The molecule has 112 valence electrons. The molecule has 19 heavy (non-hydrogen) atoms. The molecule has 0 aromatic carbocycles. The van der Waals surface area contributed by atoms with Crippen LogP contribution in [0.2, 0.25) is 0 Å². The van der Waals surface area contributed by atoms with Crippen molar-refractivity contribution in [2.24, 2.45) is 17.3 Å². The van der Waals surface area contributed by atoms with Crippen molar-refractivity contribution in [3.63, 3.8) is 0 Å². The molecule has 2 saturated heterocycles. The lowest BCUT2D eigenvalue weighted by Gasteiger charge is -2.40. The molecule has 4 unspecified atom stereocenters. The van der Waals surface area contributed by atoms with Crippen molar-refractivity contribution in [2.75, 3.05) is 19.8 Å². The predicted molar refractivity (Wildman–Crippen MR) is 76.1 cm³/mol. The highest BCUT2D eigenvalue weighted by Gasteiger charge is 2.43. The van der Waals surface area contributed by atoms with Crippen LogP contribution in [0.3, 0.4) is 0 Å². The van der Waals surface area contributed by atoms with Crippen molar-refractivity contribution in [2.45, 2.75) is 65.1 Å². The first kappa shape index (κ1) is 15.3. The summed E-state index contributed by atoms with van der Waals surface area (Å²) >= 11 is 0. The van der Waals surface area contributed by atoms with Crippen LogP contribution in [-0.2, 0) is 9.47 Å². The van der Waals surface area contributed by atoms with Gasteiger partial charge in [0.2, 0.25) is 0 Å². The van der Waals surface area contributed by atoms with E-state index in [4.69, 9.17) is 9.47 Å². The van der Waals surface area contributed by atoms with Gasteiger partial charge in [0.1, 0.15) is 0 Å². The van der Waals surface area contributed by atoms with Crippen LogP contribution in [0.5, 0.6) is 0 Å². The van der Waals surface area contributed by atoms with E-state index in [2.05, 4.69) is 27.7 Å². The van der Waals surface area contributed by atoms with Gasteiger partial charge in [-0.15, -0.1) is 0 Å². The molecule has 2 aliphatic heterocycles. The molecule has 2 fully saturated rings. The van der Waals surface area contributed by atoms with Crippen molar-refractivity contribution in [3.8, 4) is 0 Å². The largest absolute Gasteiger partial charge is 0.393 e. The van der Waals surface area contributed by atoms with Gasteiger partial charge in [-0.3, -0.25) is 0 Å². The summed E-state index contributed by atoms with van der Waals surface area (Å²) in [6, 6.07) is 0. The lowest BCUT2D eigenvalue weighted by Crippen LogP contribution is -2.44. The molecule has 0 aromatic heterocycles. The van der Waals surface area contributed by atoms with Gasteiger partial charge in [-0.05, 0) is 36.5 Å². The van der Waals surface area contributed by atoms with E-state index in [0.717, 1.165) is 38.9 Å². The molecule has 0 radical (unpaired) electrons. The van der Waals surface area contributed by atoms with E-state index < -0.39 is 0 Å². The fourth-order valence-electron chi connectivity index (χ4n) is 3.17. The maximum atomic E-state index is 10.6. The van der Waals surface area contributed by atoms with Gasteiger partial charge in [0, 0.05) is 19.6 Å². The highest BCUT2D eigenvalue weighted by molar-refractivity contribution is 4.92. The van der Waals surface area contributed by atoms with Crippen molar-refractivity contribution >= 4 is 0 Å². The van der Waals surface area contributed by atoms with E-state index >= 15 is 0 Å². The zero-order chi connectivity index (χ0) is 14.1. The van der Waals surface area contributed by atoms with Gasteiger partial charge < -0.3 is 14.6 Å². The Labute approximate surface area is 117 Å². The van der Waals surface area contributed by atoms with Gasteiger partial charge in [0.15, 0.2) is 0 Å². The molecule has 0 bridgehead atoms. The van der Waals surface area contributed by atoms with Gasteiger partial charge in [-0.1, -0.05) is 27.7 Å². The molecule has 4 atom stereocenters. The topological polar surface area (TPSA) is 38.7 Å². The third kappa shape index (κ3) is 3.71. The summed E-state index contributed by atoms with van der Waals surface area (Å²) in [5, 5.41) is 10.6. The average Bonchev–Trinajstić information content (AvgIpc) is 2.76. The molecular formula is C16H30O3. The number of ether oxygens (including phenoxy) is 2. The van der Waals surface area contributed by atoms with Crippen LogP contribution in [0.25, 0.3) is 0 Å². The Balaban J connectivity index is 1.90. The molecule has 0 aliphatic carbocycles. The van der Waals surface area contributed by atoms with Crippen molar-refractivity contribution in [1.29, 1.82) is 0 Å². The molecule has 1 spiro atoms. The number of hydrogen-bond acceptors (Lipinski definition) is 3. The quantitative estimate of drug-likeness (QED) is 0.857. The Kier molecular flexibility index (Phi) is 4.59. The lowest BCUT2D eigenvalue weighted by molar-refractivity contribution is -0.119. The summed E-state index contributed by atoms with van der Waals surface area (Å²) in [6.07, 6.45) is 3.64. The normalized spacial score (nSPS) is 35.5. The van der Waals surface area contributed by atoms with Crippen LogP contribution in [0.15, 0.2) is 0 Å². The van der Waals surface area contributed by atoms with Gasteiger partial charge in [0.25, 0.3) is 0 Å². The van der Waals surface area contributed by atoms with Crippen molar-refractivity contribution < 1.29 is 14.6 Å². The Morgan fingerprint density at radius 2 is 2.05 bits per heavy atom. The summed E-state index contributed by atoms with van der Waals surface area (Å²) in [5.41, 5.74) is 0.176. The smallest absolute Gasteiger partial charge is 0.0940 e. The molecule has 2 rings (SSSR count). The number of hydrogen-bond donors (Lipinski definition) is 1. The van der Waals surface area contributed by atoms with Crippen LogP contribution in [0.1, 0.15) is 53.4 Å². The van der Waals surface area contributed by atoms with E-state index in [1.54, 1.807) is 0 Å². The predicted octanol–water partition coefficient (Wildman–Crippen LogP) is 3.01. The van der Waals surface area contributed by atoms with Gasteiger partial charge in [0.05, 0.1) is 18.3 Å². The van der Waals surface area contributed by atoms with E-state index in [1.807, 2.05) is 0 Å². The second kappa shape index (κ2) is 5.71. The second-order valence-corrected chi connectivity index (χ2v) is 7.66. The van der Waals surface area contributed by atoms with Gasteiger partial charge in [-0.2, -0.15) is 0 Å². The van der Waals surface area contributed by atoms with Crippen LogP contribution < -0.4 is 0 Å². The number of aliphatic hydroxyl groups excluding tert-OH is 1. The maximum Gasteiger partial charge on any atom is 0.0940 e. The summed E-state index contributed by atoms with van der Waals surface area (Å²) in [5.74, 6) is 0.904. The molecule has 1 N–H and O–H groups in total. The van der Waals surface area contributed by atoms with Gasteiger partial charge in [-0.25, -0.2) is 0 Å². The van der Waals surface area contributed by atoms with Crippen molar-refractivity contribution in [3.05, 3.63) is 0 Å². The van der Waals surface area contributed by atoms with E-state index in [0.29, 0.717) is 18.4 Å². The molecule has 2 heterocycles. The van der Waals surface area contributed by atoms with Crippen molar-refractivity contribution in [1.82, 2.24) is 0 Å². The molecule has 3 heteroatoms. The summed E-state index contributed by atoms with van der Waals surface area (Å²) in [6.45, 7) is 11.3. The summed E-state index contributed by atoms with van der Waals surface area (Å²) < 4.78 is 11.4. The van der Waals surface area contributed by atoms with Crippen LogP contribution >= 0.6 is 0 Å². The summed E-state index contributed by atoms with van der Waals surface area (Å²) in [7, 11) is 0. The molecule has 0 amide bonds. The Morgan fingerprint density at radius 3 is 2.63 bits per heavy atom. The van der Waals surface area contributed by atoms with Gasteiger partial charge >= 0.3 is 0 Å². The lowest BCUT2D eigenvalue weighted by atomic mass is 9.74. The Hall–Kier alpha value is -0.120. The highest BCUT2D eigenvalue weighted by Crippen LogP contribution is 2.39. The molecule has 3 nitrogen and oxygen atoms in total. The standard InChI is InChI=1S/C16H30O3/c1-12(15(2,3)4)9-14(17)13-5-7-19-16(10-13)6-8-18-11-16/h12-14,17H,5-11H2,1-4H3. The number of aliphatic hydroxyl groups is 1. The summed E-state index contributed by atoms with van der Waals surface area (Å²) in [4.78, 5) is 0. The van der Waals surface area contributed by atoms with Crippen LogP contribution in [0.4, 0.5) is 0 Å². The fraction of sp³-hybridized carbons (Fsp3) is 1.00. The Morgan fingerprint density at radius 1 is 1.32 bits per heavy atom. The average molecular weight is 270 g/mol. The minimum Gasteiger partial charge on any atom is -0.393 e. The van der Waals surface area contributed by atoms with E-state index in [-0.39, 0.29) is 17.1 Å². The first-order valence-electron chi connectivity index (χ1n) is 7.72. The third-order valence-corrected chi connectivity index (χ3v) is 5.22. The zero-order valence-corrected chi connectivity index (χ0v) is 12.9. The highest BCUT2D eigenvalue weighted by atomic mass is 16.6. The van der Waals surface area contributed by atoms with E-state index in [1.165, 1.54) is 0 Å². The number of rotatable bonds is 3. The minimum atomic E-state index is -0.199. The molecular weight excluding hydrogens is 240 g/mol. The minimum absolute atomic E-state index is 0.0884. The molecule has 0 saturated carbocycles. The first-order valence-corrected chi connectivity index (χ1v) is 7.72. The second-order valence-electron chi connectivity index (χ2n) is 7.66. The fourth-order valence-corrected chi connectivity index (χ4v) is 3.17. The zero-order valence-electron chi connectivity index (χ0n) is 12.9. The maximum absolute atomic E-state index is 10.6. The molecule has 2 aliphatic rings. The van der Waals surface area contributed by atoms with Crippen LogP contribution in [0, 0.1) is 17.3 Å². The van der Waals surface area contributed by atoms with Crippen LogP contribution in [-0.4, -0.2) is 36.6 Å². The molecule has 0 aromatic rings. The Bertz CT molecular complexity index is 289. The van der Waals surface area contributed by atoms with E-state index in [9.17, 15) is 5.11 Å². The first-order chi connectivity index (χ1) is 8.82. The monoisotopic (exact) mass is 270 g/mol.